The van der Waals surface area contributed by atoms with Crippen LogP contribution in [0.3, 0.4) is 0 Å². The molecule has 0 spiro atoms. The van der Waals surface area contributed by atoms with Gasteiger partial charge in [-0.3, -0.25) is 4.79 Å². The molecule has 114 valence electrons. The molecule has 0 fully saturated rings. The van der Waals surface area contributed by atoms with Crippen LogP contribution in [0.5, 0.6) is 11.8 Å². The highest BCUT2D eigenvalue weighted by Crippen LogP contribution is 2.21. The molecule has 1 heterocycles. The molecular weight excluding hydrogens is 297 g/mol. The van der Waals surface area contributed by atoms with Gasteiger partial charge < -0.3 is 10.1 Å². The fourth-order valence-corrected chi connectivity index (χ4v) is 1.85. The van der Waals surface area contributed by atoms with Crippen LogP contribution < -0.4 is 10.1 Å². The second-order valence-electron chi connectivity index (χ2n) is 4.61. The summed E-state index contributed by atoms with van der Waals surface area (Å²) in [6.45, 7) is 0. The zero-order valence-corrected chi connectivity index (χ0v) is 11.9. The molecule has 3 rings (SSSR count). The second-order valence-corrected chi connectivity index (χ2v) is 4.61. The number of aromatic nitrogens is 2. The molecular formula is C17H12FN3O2. The number of anilines is 1. The molecule has 0 saturated carbocycles. The number of nitrogens with zero attached hydrogens (tertiary/aromatic N) is 2. The first-order chi connectivity index (χ1) is 11.2. The minimum Gasteiger partial charge on any atom is -0.421 e. The normalized spacial score (nSPS) is 10.1. The number of halogens is 1. The lowest BCUT2D eigenvalue weighted by Crippen LogP contribution is -2.12. The van der Waals surface area contributed by atoms with Gasteiger partial charge in [0, 0.05) is 5.56 Å². The van der Waals surface area contributed by atoms with Crippen molar-refractivity contribution in [1.29, 1.82) is 0 Å². The van der Waals surface area contributed by atoms with Gasteiger partial charge in [0.25, 0.3) is 5.91 Å². The molecule has 1 N–H and O–H groups in total. The topological polar surface area (TPSA) is 64.1 Å². The molecule has 0 saturated heterocycles. The summed E-state index contributed by atoms with van der Waals surface area (Å²) in [4.78, 5) is 19.9. The van der Waals surface area contributed by atoms with Gasteiger partial charge in [-0.2, -0.15) is 0 Å². The maximum Gasteiger partial charge on any atom is 0.322 e. The highest BCUT2D eigenvalue weighted by Gasteiger charge is 2.08. The average Bonchev–Trinajstić information content (AvgIpc) is 2.59. The van der Waals surface area contributed by atoms with E-state index in [2.05, 4.69) is 15.3 Å². The minimum absolute atomic E-state index is 0.00666. The Hall–Kier alpha value is -3.28. The predicted molar refractivity (Wildman–Crippen MR) is 82.9 cm³/mol. The second kappa shape index (κ2) is 6.65. The lowest BCUT2D eigenvalue weighted by Gasteiger charge is -2.06. The van der Waals surface area contributed by atoms with Crippen molar-refractivity contribution in [3.05, 3.63) is 78.4 Å². The van der Waals surface area contributed by atoms with Crippen molar-refractivity contribution in [3.63, 3.8) is 0 Å². The van der Waals surface area contributed by atoms with Gasteiger partial charge in [0.15, 0.2) is 11.6 Å². The Bertz CT molecular complexity index is 808. The van der Waals surface area contributed by atoms with E-state index in [1.165, 1.54) is 24.5 Å². The monoisotopic (exact) mass is 309 g/mol. The SMILES string of the molecule is O=C(Nc1cnc(Oc2ccccc2F)nc1)c1ccccc1. The quantitative estimate of drug-likeness (QED) is 0.799. The third-order valence-electron chi connectivity index (χ3n) is 2.96. The van der Waals surface area contributed by atoms with Gasteiger partial charge in [-0.1, -0.05) is 30.3 Å². The summed E-state index contributed by atoms with van der Waals surface area (Å²) in [5.41, 5.74) is 0.943. The molecule has 0 aliphatic heterocycles. The number of amides is 1. The van der Waals surface area contributed by atoms with Gasteiger partial charge in [-0.25, -0.2) is 14.4 Å². The van der Waals surface area contributed by atoms with Gasteiger partial charge in [0.05, 0.1) is 18.1 Å². The summed E-state index contributed by atoms with van der Waals surface area (Å²) < 4.78 is 18.7. The number of para-hydroxylation sites is 1. The van der Waals surface area contributed by atoms with Crippen LogP contribution in [0, 0.1) is 5.82 Å². The highest BCUT2D eigenvalue weighted by atomic mass is 19.1. The molecule has 1 aromatic heterocycles. The Morgan fingerprint density at radius 2 is 1.61 bits per heavy atom. The van der Waals surface area contributed by atoms with Crippen LogP contribution in [-0.2, 0) is 0 Å². The Morgan fingerprint density at radius 1 is 0.957 bits per heavy atom. The molecule has 3 aromatic rings. The van der Waals surface area contributed by atoms with E-state index in [9.17, 15) is 9.18 Å². The molecule has 23 heavy (non-hydrogen) atoms. The Balaban J connectivity index is 1.68. The summed E-state index contributed by atoms with van der Waals surface area (Å²) in [7, 11) is 0. The number of carbonyl (C=O) groups excluding carboxylic acids is 1. The number of hydrogen-bond donors (Lipinski definition) is 1. The van der Waals surface area contributed by atoms with Crippen LogP contribution >= 0.6 is 0 Å². The zero-order chi connectivity index (χ0) is 16.1. The van der Waals surface area contributed by atoms with Crippen molar-refractivity contribution < 1.29 is 13.9 Å². The van der Waals surface area contributed by atoms with E-state index in [0.29, 0.717) is 11.3 Å². The van der Waals surface area contributed by atoms with E-state index in [1.54, 1.807) is 36.4 Å². The molecule has 0 aliphatic carbocycles. The van der Waals surface area contributed by atoms with Crippen molar-refractivity contribution in [1.82, 2.24) is 9.97 Å². The number of rotatable bonds is 4. The van der Waals surface area contributed by atoms with E-state index < -0.39 is 5.82 Å². The Labute approximate surface area is 131 Å². The number of ether oxygens (including phenoxy) is 1. The van der Waals surface area contributed by atoms with Crippen LogP contribution in [0.1, 0.15) is 10.4 Å². The molecule has 2 aromatic carbocycles. The highest BCUT2D eigenvalue weighted by molar-refractivity contribution is 6.04. The first-order valence-electron chi connectivity index (χ1n) is 6.83. The van der Waals surface area contributed by atoms with Crippen molar-refractivity contribution in [2.45, 2.75) is 0 Å². The summed E-state index contributed by atoms with van der Waals surface area (Å²) in [6, 6.07) is 14.7. The number of hydrogen-bond acceptors (Lipinski definition) is 4. The molecule has 5 nitrogen and oxygen atoms in total. The fraction of sp³-hybridized carbons (Fsp3) is 0. The summed E-state index contributed by atoms with van der Waals surface area (Å²) in [5.74, 6) is -0.733. The van der Waals surface area contributed by atoms with Gasteiger partial charge in [-0.15, -0.1) is 0 Å². The van der Waals surface area contributed by atoms with Crippen LogP contribution in [-0.4, -0.2) is 15.9 Å². The Kier molecular flexibility index (Phi) is 4.24. The van der Waals surface area contributed by atoms with E-state index >= 15 is 0 Å². The molecule has 0 radical (unpaired) electrons. The molecule has 1 amide bonds. The van der Waals surface area contributed by atoms with Crippen molar-refractivity contribution in [2.75, 3.05) is 5.32 Å². The van der Waals surface area contributed by atoms with Gasteiger partial charge >= 0.3 is 6.01 Å². The maximum atomic E-state index is 13.5. The summed E-state index contributed by atoms with van der Waals surface area (Å²) in [5, 5.41) is 2.67. The van der Waals surface area contributed by atoms with Crippen molar-refractivity contribution in [2.24, 2.45) is 0 Å². The smallest absolute Gasteiger partial charge is 0.322 e. The van der Waals surface area contributed by atoms with Crippen LogP contribution in [0.25, 0.3) is 0 Å². The number of carbonyl (C=O) groups is 1. The van der Waals surface area contributed by atoms with Crippen molar-refractivity contribution >= 4 is 11.6 Å². The number of nitrogens with one attached hydrogen (secondary N) is 1. The first kappa shape index (κ1) is 14.6. The van der Waals surface area contributed by atoms with Gasteiger partial charge in [-0.05, 0) is 24.3 Å². The van der Waals surface area contributed by atoms with E-state index in [4.69, 9.17) is 4.74 Å². The fourth-order valence-electron chi connectivity index (χ4n) is 1.85. The third-order valence-corrected chi connectivity index (χ3v) is 2.96. The largest absolute Gasteiger partial charge is 0.421 e. The van der Waals surface area contributed by atoms with Gasteiger partial charge in [0.2, 0.25) is 0 Å². The number of benzene rings is 2. The minimum atomic E-state index is -0.502. The Morgan fingerprint density at radius 3 is 2.30 bits per heavy atom. The summed E-state index contributed by atoms with van der Waals surface area (Å²) in [6.07, 6.45) is 2.79. The van der Waals surface area contributed by atoms with E-state index in [0.717, 1.165) is 0 Å². The average molecular weight is 309 g/mol. The lowest BCUT2D eigenvalue weighted by molar-refractivity contribution is 0.102. The molecule has 0 aliphatic rings. The van der Waals surface area contributed by atoms with E-state index in [1.807, 2.05) is 6.07 Å². The first-order valence-corrected chi connectivity index (χ1v) is 6.83. The van der Waals surface area contributed by atoms with Crippen LogP contribution in [0.4, 0.5) is 10.1 Å². The summed E-state index contributed by atoms with van der Waals surface area (Å²) >= 11 is 0. The van der Waals surface area contributed by atoms with E-state index in [-0.39, 0.29) is 17.7 Å². The van der Waals surface area contributed by atoms with Crippen molar-refractivity contribution in [3.8, 4) is 11.8 Å². The van der Waals surface area contributed by atoms with Gasteiger partial charge in [0.1, 0.15) is 0 Å². The lowest BCUT2D eigenvalue weighted by atomic mass is 10.2. The standard InChI is InChI=1S/C17H12FN3O2/c18-14-8-4-5-9-15(14)23-17-19-10-13(11-20-17)21-16(22)12-6-2-1-3-7-12/h1-11H,(H,21,22). The molecule has 0 unspecified atom stereocenters. The van der Waals surface area contributed by atoms with Crippen LogP contribution in [0.15, 0.2) is 67.0 Å². The predicted octanol–water partition coefficient (Wildman–Crippen LogP) is 3.66. The molecule has 0 bridgehead atoms. The molecule has 6 heteroatoms. The third kappa shape index (κ3) is 3.68. The zero-order valence-electron chi connectivity index (χ0n) is 11.9. The molecule has 0 atom stereocenters. The maximum absolute atomic E-state index is 13.5. The van der Waals surface area contributed by atoms with Crippen LogP contribution in [0.2, 0.25) is 0 Å².